The average Bonchev–Trinajstić information content (AvgIpc) is 2.67. The monoisotopic (exact) mass is 352 g/mol. The van der Waals surface area contributed by atoms with Crippen LogP contribution in [0.15, 0.2) is 4.99 Å². The maximum absolute atomic E-state index is 12.1. The third-order valence-corrected chi connectivity index (χ3v) is 5.47. The number of nitrogens with one attached hydrogen (secondary N) is 2. The second-order valence-electron chi connectivity index (χ2n) is 7.37. The number of hydrogen-bond donors (Lipinski definition) is 2. The topological polar surface area (TPSA) is 66.0 Å². The molecule has 25 heavy (non-hydrogen) atoms. The van der Waals surface area contributed by atoms with Crippen LogP contribution in [0.3, 0.4) is 0 Å². The quantitative estimate of drug-likeness (QED) is 0.418. The molecule has 144 valence electrons. The lowest BCUT2D eigenvalue weighted by Crippen LogP contribution is -2.44. The second-order valence-corrected chi connectivity index (χ2v) is 7.37. The second kappa shape index (κ2) is 11.3. The first kappa shape index (κ1) is 20.0. The van der Waals surface area contributed by atoms with Crippen molar-refractivity contribution in [3.8, 4) is 0 Å². The van der Waals surface area contributed by atoms with E-state index in [1.165, 1.54) is 38.5 Å². The summed E-state index contributed by atoms with van der Waals surface area (Å²) in [5.41, 5.74) is 0. The molecule has 0 spiro atoms. The summed E-state index contributed by atoms with van der Waals surface area (Å²) in [5.74, 6) is 2.13. The molecule has 6 nitrogen and oxygen atoms in total. The van der Waals surface area contributed by atoms with Crippen LogP contribution in [-0.2, 0) is 9.53 Å². The first-order valence-electron chi connectivity index (χ1n) is 9.98. The summed E-state index contributed by atoms with van der Waals surface area (Å²) in [7, 11) is 3.89. The van der Waals surface area contributed by atoms with Crippen molar-refractivity contribution in [2.45, 2.75) is 51.4 Å². The van der Waals surface area contributed by atoms with Gasteiger partial charge in [-0.25, -0.2) is 0 Å². The number of hydrogen-bond acceptors (Lipinski definition) is 3. The number of nitrogens with zero attached hydrogens (tertiary/aromatic N) is 2. The van der Waals surface area contributed by atoms with Crippen molar-refractivity contribution in [1.82, 2.24) is 15.5 Å². The molecule has 0 radical (unpaired) electrons. The van der Waals surface area contributed by atoms with Gasteiger partial charge in [0.05, 0.1) is 0 Å². The highest BCUT2D eigenvalue weighted by Gasteiger charge is 2.20. The van der Waals surface area contributed by atoms with Gasteiger partial charge in [-0.1, -0.05) is 19.3 Å². The SMILES string of the molecule is CN=C(NCCNC(=O)C1CCCCC1)N(C)CCC1CCOCC1. The summed E-state index contributed by atoms with van der Waals surface area (Å²) in [6, 6.07) is 0. The molecular weight excluding hydrogens is 316 g/mol. The van der Waals surface area contributed by atoms with E-state index in [4.69, 9.17) is 4.74 Å². The van der Waals surface area contributed by atoms with Crippen molar-refractivity contribution in [3.63, 3.8) is 0 Å². The highest BCUT2D eigenvalue weighted by Crippen LogP contribution is 2.23. The van der Waals surface area contributed by atoms with Crippen LogP contribution in [0.2, 0.25) is 0 Å². The highest BCUT2D eigenvalue weighted by atomic mass is 16.5. The highest BCUT2D eigenvalue weighted by molar-refractivity contribution is 5.80. The van der Waals surface area contributed by atoms with Gasteiger partial charge in [0.1, 0.15) is 0 Å². The fraction of sp³-hybridized carbons (Fsp3) is 0.895. The van der Waals surface area contributed by atoms with Gasteiger partial charge < -0.3 is 20.3 Å². The standard InChI is InChI=1S/C19H36N4O2/c1-20-19(23(2)13-8-16-9-14-25-15-10-16)22-12-11-21-18(24)17-6-4-3-5-7-17/h16-17H,3-15H2,1-2H3,(H,20,22)(H,21,24). The largest absolute Gasteiger partial charge is 0.381 e. The van der Waals surface area contributed by atoms with Crippen molar-refractivity contribution in [1.29, 1.82) is 0 Å². The van der Waals surface area contributed by atoms with Crippen molar-refractivity contribution in [2.24, 2.45) is 16.8 Å². The minimum atomic E-state index is 0.226. The predicted octanol–water partition coefficient (Wildman–Crippen LogP) is 2.01. The van der Waals surface area contributed by atoms with E-state index in [0.29, 0.717) is 13.1 Å². The number of rotatable bonds is 7. The molecule has 1 aliphatic heterocycles. The lowest BCUT2D eigenvalue weighted by atomic mass is 9.89. The molecule has 0 bridgehead atoms. The van der Waals surface area contributed by atoms with Crippen molar-refractivity contribution < 1.29 is 9.53 Å². The zero-order valence-electron chi connectivity index (χ0n) is 16.1. The maximum Gasteiger partial charge on any atom is 0.223 e. The van der Waals surface area contributed by atoms with Gasteiger partial charge in [0.15, 0.2) is 5.96 Å². The van der Waals surface area contributed by atoms with Gasteiger partial charge in [-0.3, -0.25) is 9.79 Å². The minimum Gasteiger partial charge on any atom is -0.381 e. The Balaban J connectivity index is 1.59. The molecule has 1 saturated heterocycles. The van der Waals surface area contributed by atoms with Gasteiger partial charge in [0, 0.05) is 52.9 Å². The average molecular weight is 353 g/mol. The molecule has 0 aromatic rings. The molecule has 2 rings (SSSR count). The van der Waals surface area contributed by atoms with Crippen LogP contribution in [0.4, 0.5) is 0 Å². The van der Waals surface area contributed by atoms with E-state index >= 15 is 0 Å². The summed E-state index contributed by atoms with van der Waals surface area (Å²) >= 11 is 0. The van der Waals surface area contributed by atoms with Gasteiger partial charge in [0.2, 0.25) is 5.91 Å². The number of amides is 1. The van der Waals surface area contributed by atoms with Gasteiger partial charge in [-0.05, 0) is 38.0 Å². The van der Waals surface area contributed by atoms with E-state index in [1.54, 1.807) is 0 Å². The Morgan fingerprint density at radius 2 is 1.76 bits per heavy atom. The summed E-state index contributed by atoms with van der Waals surface area (Å²) in [4.78, 5) is 18.7. The van der Waals surface area contributed by atoms with Crippen molar-refractivity contribution >= 4 is 11.9 Å². The van der Waals surface area contributed by atoms with E-state index in [-0.39, 0.29) is 11.8 Å². The molecule has 1 heterocycles. The van der Waals surface area contributed by atoms with Crippen LogP contribution in [0.25, 0.3) is 0 Å². The fourth-order valence-corrected chi connectivity index (χ4v) is 3.77. The van der Waals surface area contributed by atoms with E-state index in [2.05, 4.69) is 27.6 Å². The van der Waals surface area contributed by atoms with E-state index in [1.807, 2.05) is 7.05 Å². The number of carbonyl (C=O) groups is 1. The zero-order chi connectivity index (χ0) is 17.9. The fourth-order valence-electron chi connectivity index (χ4n) is 3.77. The first-order valence-corrected chi connectivity index (χ1v) is 9.98. The molecule has 2 fully saturated rings. The number of aliphatic imine (C=N–C) groups is 1. The molecule has 0 atom stereocenters. The Morgan fingerprint density at radius 3 is 2.44 bits per heavy atom. The lowest BCUT2D eigenvalue weighted by molar-refractivity contribution is -0.125. The normalized spacial score (nSPS) is 20.3. The van der Waals surface area contributed by atoms with Crippen molar-refractivity contribution in [2.75, 3.05) is 46.9 Å². The number of carbonyl (C=O) groups excluding carboxylic acids is 1. The molecule has 2 aliphatic rings. The maximum atomic E-state index is 12.1. The Bertz CT molecular complexity index is 416. The Labute approximate surface area is 152 Å². The molecule has 1 aliphatic carbocycles. The van der Waals surface area contributed by atoms with Gasteiger partial charge in [-0.15, -0.1) is 0 Å². The third kappa shape index (κ3) is 7.22. The summed E-state index contributed by atoms with van der Waals surface area (Å²) in [5, 5.41) is 6.42. The van der Waals surface area contributed by atoms with Crippen LogP contribution >= 0.6 is 0 Å². The number of ether oxygens (including phenoxy) is 1. The Morgan fingerprint density at radius 1 is 1.08 bits per heavy atom. The van der Waals surface area contributed by atoms with Crippen LogP contribution in [0.1, 0.15) is 51.4 Å². The molecule has 0 aromatic heterocycles. The molecule has 2 N–H and O–H groups in total. The molecular formula is C19H36N4O2. The Hall–Kier alpha value is -1.30. The lowest BCUT2D eigenvalue weighted by Gasteiger charge is -2.27. The van der Waals surface area contributed by atoms with Crippen LogP contribution in [0, 0.1) is 11.8 Å². The smallest absolute Gasteiger partial charge is 0.223 e. The van der Waals surface area contributed by atoms with E-state index < -0.39 is 0 Å². The molecule has 0 aromatic carbocycles. The van der Waals surface area contributed by atoms with Gasteiger partial charge >= 0.3 is 0 Å². The zero-order valence-corrected chi connectivity index (χ0v) is 16.1. The van der Waals surface area contributed by atoms with Crippen LogP contribution in [-0.4, -0.2) is 63.7 Å². The van der Waals surface area contributed by atoms with Crippen LogP contribution < -0.4 is 10.6 Å². The Kier molecular flexibility index (Phi) is 9.08. The summed E-state index contributed by atoms with van der Waals surface area (Å²) in [6.45, 7) is 4.18. The first-order chi connectivity index (χ1) is 12.2. The number of guanidine groups is 1. The predicted molar refractivity (Wildman–Crippen MR) is 102 cm³/mol. The molecule has 0 unspecified atom stereocenters. The van der Waals surface area contributed by atoms with Crippen LogP contribution in [0.5, 0.6) is 0 Å². The molecule has 1 amide bonds. The van der Waals surface area contributed by atoms with Crippen molar-refractivity contribution in [3.05, 3.63) is 0 Å². The summed E-state index contributed by atoms with van der Waals surface area (Å²) in [6.07, 6.45) is 9.30. The van der Waals surface area contributed by atoms with E-state index in [0.717, 1.165) is 44.5 Å². The third-order valence-electron chi connectivity index (χ3n) is 5.47. The molecule has 6 heteroatoms. The van der Waals surface area contributed by atoms with Gasteiger partial charge in [0.25, 0.3) is 0 Å². The minimum absolute atomic E-state index is 0.226. The molecule has 1 saturated carbocycles. The van der Waals surface area contributed by atoms with E-state index in [9.17, 15) is 4.79 Å². The summed E-state index contributed by atoms with van der Waals surface area (Å²) < 4.78 is 5.42. The van der Waals surface area contributed by atoms with Gasteiger partial charge in [-0.2, -0.15) is 0 Å².